The van der Waals surface area contributed by atoms with Crippen molar-refractivity contribution < 1.29 is 4.74 Å². The molecule has 1 rings (SSSR count). The first-order valence-corrected chi connectivity index (χ1v) is 5.33. The second-order valence-electron chi connectivity index (χ2n) is 4.37. The highest BCUT2D eigenvalue weighted by molar-refractivity contribution is 5.24. The Morgan fingerprint density at radius 1 is 1.40 bits per heavy atom. The van der Waals surface area contributed by atoms with Crippen LogP contribution in [0.1, 0.15) is 38.4 Å². The molecule has 84 valence electrons. The van der Waals surface area contributed by atoms with Gasteiger partial charge in [0.2, 0.25) is 5.88 Å². The fourth-order valence-corrected chi connectivity index (χ4v) is 1.23. The minimum atomic E-state index is -0.174. The van der Waals surface area contributed by atoms with E-state index in [1.165, 1.54) is 0 Å². The third kappa shape index (κ3) is 3.51. The maximum Gasteiger partial charge on any atom is 0.214 e. The van der Waals surface area contributed by atoms with Crippen LogP contribution in [0.25, 0.3) is 0 Å². The molecule has 0 aromatic carbocycles. The number of pyridine rings is 1. The number of nitrogens with zero attached hydrogens (tertiary/aromatic N) is 1. The van der Waals surface area contributed by atoms with Crippen molar-refractivity contribution in [2.75, 3.05) is 0 Å². The predicted molar refractivity (Wildman–Crippen MR) is 61.9 cm³/mol. The summed E-state index contributed by atoms with van der Waals surface area (Å²) in [5.74, 6) is 0.669. The van der Waals surface area contributed by atoms with Crippen molar-refractivity contribution >= 4 is 0 Å². The molecule has 15 heavy (non-hydrogen) atoms. The lowest BCUT2D eigenvalue weighted by Gasteiger charge is -2.24. The van der Waals surface area contributed by atoms with E-state index >= 15 is 0 Å². The number of hydrogen-bond donors (Lipinski definition) is 1. The molecule has 0 aliphatic carbocycles. The minimum Gasteiger partial charge on any atom is -0.472 e. The van der Waals surface area contributed by atoms with Gasteiger partial charge in [-0.25, -0.2) is 4.98 Å². The van der Waals surface area contributed by atoms with Gasteiger partial charge in [-0.2, -0.15) is 0 Å². The summed E-state index contributed by atoms with van der Waals surface area (Å²) >= 11 is 0. The summed E-state index contributed by atoms with van der Waals surface area (Å²) in [6, 6.07) is 3.89. The van der Waals surface area contributed by atoms with Crippen LogP contribution < -0.4 is 10.5 Å². The Balaban J connectivity index is 2.90. The number of hydrogen-bond acceptors (Lipinski definition) is 3. The lowest BCUT2D eigenvalue weighted by atomic mass is 10.1. The zero-order valence-electron chi connectivity index (χ0n) is 10.0. The molecule has 1 heterocycles. The van der Waals surface area contributed by atoms with Gasteiger partial charge >= 0.3 is 0 Å². The van der Waals surface area contributed by atoms with Crippen molar-refractivity contribution in [3.05, 3.63) is 23.4 Å². The molecule has 0 fully saturated rings. The van der Waals surface area contributed by atoms with E-state index in [0.717, 1.165) is 17.7 Å². The summed E-state index contributed by atoms with van der Waals surface area (Å²) in [5.41, 5.74) is 7.43. The summed E-state index contributed by atoms with van der Waals surface area (Å²) in [5, 5.41) is 0. The Hall–Kier alpha value is -1.09. The van der Waals surface area contributed by atoms with E-state index in [0.29, 0.717) is 12.4 Å². The fraction of sp³-hybridized carbons (Fsp3) is 0.583. The Bertz CT molecular complexity index is 334. The third-order valence-corrected chi connectivity index (χ3v) is 2.46. The van der Waals surface area contributed by atoms with Gasteiger partial charge in [0.15, 0.2) is 0 Å². The highest BCUT2D eigenvalue weighted by Crippen LogP contribution is 2.20. The first kappa shape index (κ1) is 12.0. The van der Waals surface area contributed by atoms with Gasteiger partial charge in [-0.05, 0) is 38.8 Å². The van der Waals surface area contributed by atoms with Crippen LogP contribution in [-0.4, -0.2) is 10.6 Å². The number of ether oxygens (including phenoxy) is 1. The van der Waals surface area contributed by atoms with Gasteiger partial charge in [0.25, 0.3) is 0 Å². The lowest BCUT2D eigenvalue weighted by molar-refractivity contribution is 0.0987. The Kier molecular flexibility index (Phi) is 3.69. The molecule has 0 unspecified atom stereocenters. The first-order valence-electron chi connectivity index (χ1n) is 5.33. The van der Waals surface area contributed by atoms with Crippen LogP contribution in [0.5, 0.6) is 5.88 Å². The summed E-state index contributed by atoms with van der Waals surface area (Å²) < 4.78 is 5.81. The SMILES string of the molecule is CCC(C)(C)Oc1cc(CN)cc(C)n1. The summed E-state index contributed by atoms with van der Waals surface area (Å²) in [6.07, 6.45) is 0.945. The van der Waals surface area contributed by atoms with E-state index in [-0.39, 0.29) is 5.60 Å². The molecular formula is C12H20N2O. The Morgan fingerprint density at radius 3 is 2.60 bits per heavy atom. The molecule has 0 amide bonds. The topological polar surface area (TPSA) is 48.1 Å². The zero-order chi connectivity index (χ0) is 11.5. The number of rotatable bonds is 4. The van der Waals surface area contributed by atoms with E-state index in [1.807, 2.05) is 19.1 Å². The third-order valence-electron chi connectivity index (χ3n) is 2.46. The van der Waals surface area contributed by atoms with E-state index in [2.05, 4.69) is 25.8 Å². The summed E-state index contributed by atoms with van der Waals surface area (Å²) in [6.45, 7) is 8.68. The highest BCUT2D eigenvalue weighted by atomic mass is 16.5. The maximum absolute atomic E-state index is 5.81. The molecule has 0 bridgehead atoms. The molecule has 0 radical (unpaired) electrons. The van der Waals surface area contributed by atoms with Crippen molar-refractivity contribution in [3.63, 3.8) is 0 Å². The van der Waals surface area contributed by atoms with Gasteiger partial charge in [0.1, 0.15) is 5.60 Å². The van der Waals surface area contributed by atoms with Gasteiger partial charge in [-0.3, -0.25) is 0 Å². The molecular weight excluding hydrogens is 188 g/mol. The molecule has 2 N–H and O–H groups in total. The molecule has 0 aliphatic rings. The molecule has 1 aromatic heterocycles. The lowest BCUT2D eigenvalue weighted by Crippen LogP contribution is -2.27. The van der Waals surface area contributed by atoms with Crippen molar-refractivity contribution in [2.24, 2.45) is 5.73 Å². The molecule has 0 saturated heterocycles. The van der Waals surface area contributed by atoms with Crippen molar-refractivity contribution in [3.8, 4) is 5.88 Å². The van der Waals surface area contributed by atoms with Crippen LogP contribution in [-0.2, 0) is 6.54 Å². The normalized spacial score (nSPS) is 11.5. The summed E-state index contributed by atoms with van der Waals surface area (Å²) in [4.78, 5) is 4.34. The van der Waals surface area contributed by atoms with E-state index in [4.69, 9.17) is 10.5 Å². The van der Waals surface area contributed by atoms with Crippen LogP contribution in [0.3, 0.4) is 0 Å². The molecule has 3 nitrogen and oxygen atoms in total. The highest BCUT2D eigenvalue weighted by Gasteiger charge is 2.17. The van der Waals surface area contributed by atoms with Crippen LogP contribution in [0, 0.1) is 6.92 Å². The predicted octanol–water partition coefficient (Wildman–Crippen LogP) is 2.42. The molecule has 3 heteroatoms. The quantitative estimate of drug-likeness (QED) is 0.826. The van der Waals surface area contributed by atoms with E-state index < -0.39 is 0 Å². The van der Waals surface area contributed by atoms with Crippen molar-refractivity contribution in [1.82, 2.24) is 4.98 Å². The van der Waals surface area contributed by atoms with Crippen LogP contribution in [0.2, 0.25) is 0 Å². The number of aryl methyl sites for hydroxylation is 1. The number of aromatic nitrogens is 1. The maximum atomic E-state index is 5.81. The van der Waals surface area contributed by atoms with Gasteiger partial charge in [0, 0.05) is 18.3 Å². The van der Waals surface area contributed by atoms with Crippen LogP contribution >= 0.6 is 0 Å². The second kappa shape index (κ2) is 4.62. The van der Waals surface area contributed by atoms with Crippen LogP contribution in [0.4, 0.5) is 0 Å². The van der Waals surface area contributed by atoms with Gasteiger partial charge in [0.05, 0.1) is 0 Å². The molecule has 0 atom stereocenters. The average Bonchev–Trinajstić information content (AvgIpc) is 2.16. The molecule has 1 aromatic rings. The summed E-state index contributed by atoms with van der Waals surface area (Å²) in [7, 11) is 0. The average molecular weight is 208 g/mol. The zero-order valence-corrected chi connectivity index (χ0v) is 10.0. The van der Waals surface area contributed by atoms with Gasteiger partial charge in [-0.1, -0.05) is 6.92 Å². The Morgan fingerprint density at radius 2 is 2.07 bits per heavy atom. The standard InChI is InChI=1S/C12H20N2O/c1-5-12(3,4)15-11-7-10(8-13)6-9(2)14-11/h6-7H,5,8,13H2,1-4H3. The van der Waals surface area contributed by atoms with Gasteiger partial charge < -0.3 is 10.5 Å². The second-order valence-corrected chi connectivity index (χ2v) is 4.37. The largest absolute Gasteiger partial charge is 0.472 e. The molecule has 0 aliphatic heterocycles. The molecule has 0 spiro atoms. The van der Waals surface area contributed by atoms with Gasteiger partial charge in [-0.15, -0.1) is 0 Å². The Labute approximate surface area is 91.7 Å². The van der Waals surface area contributed by atoms with Crippen molar-refractivity contribution in [2.45, 2.75) is 46.3 Å². The monoisotopic (exact) mass is 208 g/mol. The van der Waals surface area contributed by atoms with E-state index in [9.17, 15) is 0 Å². The number of nitrogens with two attached hydrogens (primary N) is 1. The fourth-order valence-electron chi connectivity index (χ4n) is 1.23. The van der Waals surface area contributed by atoms with Crippen LogP contribution in [0.15, 0.2) is 12.1 Å². The molecule has 0 saturated carbocycles. The van der Waals surface area contributed by atoms with E-state index in [1.54, 1.807) is 0 Å². The first-order chi connectivity index (χ1) is 6.96. The minimum absolute atomic E-state index is 0.174. The smallest absolute Gasteiger partial charge is 0.214 e. The van der Waals surface area contributed by atoms with Crippen molar-refractivity contribution in [1.29, 1.82) is 0 Å².